The van der Waals surface area contributed by atoms with Gasteiger partial charge in [0.25, 0.3) is 0 Å². The predicted molar refractivity (Wildman–Crippen MR) is 76.5 cm³/mol. The van der Waals surface area contributed by atoms with Gasteiger partial charge < -0.3 is 15.3 Å². The number of carboxylic acids is 1. The third-order valence-corrected chi connectivity index (χ3v) is 4.23. The minimum atomic E-state index is -0.825. The van der Waals surface area contributed by atoms with Crippen molar-refractivity contribution in [3.63, 3.8) is 0 Å². The Kier molecular flexibility index (Phi) is 4.55. The fraction of sp³-hybridized carbons (Fsp3) is 0.867. The van der Waals surface area contributed by atoms with Crippen LogP contribution in [-0.4, -0.2) is 40.1 Å². The van der Waals surface area contributed by atoms with Crippen molar-refractivity contribution in [3.05, 3.63) is 0 Å². The summed E-state index contributed by atoms with van der Waals surface area (Å²) in [4.78, 5) is 25.5. The predicted octanol–water partition coefficient (Wildman–Crippen LogP) is 2.60. The topological polar surface area (TPSA) is 69.6 Å². The van der Waals surface area contributed by atoms with Crippen molar-refractivity contribution in [1.29, 1.82) is 0 Å². The SMILES string of the molecule is CC(C)CN(C(=O)NC1(CC(=O)O)CCCC1)C1CC1. The summed E-state index contributed by atoms with van der Waals surface area (Å²) in [6, 6.07) is 0.296. The van der Waals surface area contributed by atoms with Crippen LogP contribution in [0.15, 0.2) is 0 Å². The lowest BCUT2D eigenvalue weighted by atomic mass is 9.93. The molecule has 2 rings (SSSR count). The van der Waals surface area contributed by atoms with E-state index in [0.717, 1.165) is 45.1 Å². The molecule has 2 saturated carbocycles. The minimum absolute atomic E-state index is 0.0406. The Morgan fingerprint density at radius 2 is 1.90 bits per heavy atom. The molecule has 0 radical (unpaired) electrons. The molecular weight excluding hydrogens is 256 g/mol. The van der Waals surface area contributed by atoms with Crippen molar-refractivity contribution < 1.29 is 14.7 Å². The van der Waals surface area contributed by atoms with E-state index in [-0.39, 0.29) is 12.5 Å². The van der Waals surface area contributed by atoms with Gasteiger partial charge in [-0.05, 0) is 31.6 Å². The van der Waals surface area contributed by atoms with Crippen molar-refractivity contribution in [2.45, 2.75) is 70.4 Å². The van der Waals surface area contributed by atoms with Gasteiger partial charge in [0, 0.05) is 12.6 Å². The van der Waals surface area contributed by atoms with Gasteiger partial charge in [-0.15, -0.1) is 0 Å². The summed E-state index contributed by atoms with van der Waals surface area (Å²) < 4.78 is 0. The molecule has 0 aromatic heterocycles. The number of hydrogen-bond donors (Lipinski definition) is 2. The second-order valence-corrected chi connectivity index (χ2v) is 6.77. The van der Waals surface area contributed by atoms with Crippen LogP contribution < -0.4 is 5.32 Å². The zero-order valence-electron chi connectivity index (χ0n) is 12.5. The Morgan fingerprint density at radius 3 is 2.35 bits per heavy atom. The first-order chi connectivity index (χ1) is 9.42. The van der Waals surface area contributed by atoms with Gasteiger partial charge in [0.2, 0.25) is 0 Å². The molecule has 5 heteroatoms. The lowest BCUT2D eigenvalue weighted by molar-refractivity contribution is -0.138. The van der Waals surface area contributed by atoms with Crippen LogP contribution in [0.5, 0.6) is 0 Å². The summed E-state index contributed by atoms with van der Waals surface area (Å²) in [7, 11) is 0. The summed E-state index contributed by atoms with van der Waals surface area (Å²) in [6.45, 7) is 4.95. The quantitative estimate of drug-likeness (QED) is 0.786. The van der Waals surface area contributed by atoms with Crippen LogP contribution in [0.3, 0.4) is 0 Å². The van der Waals surface area contributed by atoms with Crippen LogP contribution in [-0.2, 0) is 4.79 Å². The number of carboxylic acid groups (broad SMARTS) is 1. The second-order valence-electron chi connectivity index (χ2n) is 6.77. The Bertz CT molecular complexity index is 371. The summed E-state index contributed by atoms with van der Waals surface area (Å²) in [5, 5.41) is 12.1. The number of nitrogens with zero attached hydrogens (tertiary/aromatic N) is 1. The Morgan fingerprint density at radius 1 is 1.30 bits per heavy atom. The lowest BCUT2D eigenvalue weighted by Gasteiger charge is -2.33. The van der Waals surface area contributed by atoms with E-state index >= 15 is 0 Å². The first-order valence-corrected chi connectivity index (χ1v) is 7.72. The normalized spacial score (nSPS) is 20.9. The number of hydrogen-bond acceptors (Lipinski definition) is 2. The molecule has 0 saturated heterocycles. The Hall–Kier alpha value is -1.26. The maximum absolute atomic E-state index is 12.5. The van der Waals surface area contributed by atoms with E-state index in [0.29, 0.717) is 12.0 Å². The van der Waals surface area contributed by atoms with E-state index in [4.69, 9.17) is 5.11 Å². The molecule has 0 atom stereocenters. The largest absolute Gasteiger partial charge is 0.481 e. The van der Waals surface area contributed by atoms with E-state index in [2.05, 4.69) is 19.2 Å². The molecule has 0 aromatic carbocycles. The minimum Gasteiger partial charge on any atom is -0.481 e. The van der Waals surface area contributed by atoms with Gasteiger partial charge in [-0.3, -0.25) is 4.79 Å². The highest BCUT2D eigenvalue weighted by atomic mass is 16.4. The fourth-order valence-electron chi connectivity index (χ4n) is 3.16. The van der Waals surface area contributed by atoms with Crippen molar-refractivity contribution in [3.8, 4) is 0 Å². The first kappa shape index (κ1) is 15.1. The number of amides is 2. The molecule has 5 nitrogen and oxygen atoms in total. The zero-order chi connectivity index (χ0) is 14.8. The fourth-order valence-corrected chi connectivity index (χ4v) is 3.16. The van der Waals surface area contributed by atoms with Gasteiger partial charge in [-0.1, -0.05) is 26.7 Å². The van der Waals surface area contributed by atoms with Crippen LogP contribution in [0.2, 0.25) is 0 Å². The Labute approximate surface area is 120 Å². The van der Waals surface area contributed by atoms with E-state index in [1.165, 1.54) is 0 Å². The van der Waals surface area contributed by atoms with Crippen LogP contribution in [0.1, 0.15) is 58.8 Å². The van der Waals surface area contributed by atoms with Gasteiger partial charge >= 0.3 is 12.0 Å². The van der Waals surface area contributed by atoms with E-state index in [1.54, 1.807) is 0 Å². The standard InChI is InChI=1S/C15H26N2O3/c1-11(2)10-17(12-5-6-12)14(20)16-15(9-13(18)19)7-3-4-8-15/h11-12H,3-10H2,1-2H3,(H,16,20)(H,18,19). The van der Waals surface area contributed by atoms with Crippen LogP contribution in [0, 0.1) is 5.92 Å². The summed E-state index contributed by atoms with van der Waals surface area (Å²) >= 11 is 0. The summed E-state index contributed by atoms with van der Waals surface area (Å²) in [5.41, 5.74) is -0.521. The molecule has 2 amide bonds. The molecule has 20 heavy (non-hydrogen) atoms. The van der Waals surface area contributed by atoms with E-state index in [1.807, 2.05) is 4.90 Å². The van der Waals surface area contributed by atoms with E-state index in [9.17, 15) is 9.59 Å². The average Bonchev–Trinajstić information content (AvgIpc) is 3.07. The number of rotatable bonds is 6. The Balaban J connectivity index is 2.01. The molecular formula is C15H26N2O3. The number of carbonyl (C=O) groups excluding carboxylic acids is 1. The van der Waals surface area contributed by atoms with Gasteiger partial charge in [-0.2, -0.15) is 0 Å². The highest BCUT2D eigenvalue weighted by molar-refractivity contribution is 5.77. The molecule has 0 spiro atoms. The molecule has 2 aliphatic rings. The monoisotopic (exact) mass is 282 g/mol. The second kappa shape index (κ2) is 6.02. The highest BCUT2D eigenvalue weighted by Crippen LogP contribution is 2.34. The maximum Gasteiger partial charge on any atom is 0.318 e. The molecule has 2 N–H and O–H groups in total. The maximum atomic E-state index is 12.5. The highest BCUT2D eigenvalue weighted by Gasteiger charge is 2.40. The smallest absolute Gasteiger partial charge is 0.318 e. The van der Waals surface area contributed by atoms with Gasteiger partial charge in [0.05, 0.1) is 12.0 Å². The number of urea groups is 1. The van der Waals surface area contributed by atoms with Gasteiger partial charge in [-0.25, -0.2) is 4.79 Å². The van der Waals surface area contributed by atoms with Gasteiger partial charge in [0.15, 0.2) is 0 Å². The number of carbonyl (C=O) groups is 2. The zero-order valence-corrected chi connectivity index (χ0v) is 12.5. The van der Waals surface area contributed by atoms with Crippen LogP contribution >= 0.6 is 0 Å². The third kappa shape index (κ3) is 3.87. The third-order valence-electron chi connectivity index (χ3n) is 4.23. The van der Waals surface area contributed by atoms with Crippen molar-refractivity contribution in [2.24, 2.45) is 5.92 Å². The molecule has 0 unspecified atom stereocenters. The molecule has 0 aliphatic heterocycles. The molecule has 0 heterocycles. The van der Waals surface area contributed by atoms with Crippen molar-refractivity contribution in [1.82, 2.24) is 10.2 Å². The molecule has 114 valence electrons. The van der Waals surface area contributed by atoms with Crippen molar-refractivity contribution >= 4 is 12.0 Å². The van der Waals surface area contributed by atoms with E-state index < -0.39 is 11.5 Å². The average molecular weight is 282 g/mol. The molecule has 2 aliphatic carbocycles. The summed E-state index contributed by atoms with van der Waals surface area (Å²) in [5.74, 6) is -0.394. The van der Waals surface area contributed by atoms with Gasteiger partial charge in [0.1, 0.15) is 0 Å². The molecule has 0 bridgehead atoms. The number of aliphatic carboxylic acids is 1. The number of nitrogens with one attached hydrogen (secondary N) is 1. The van der Waals surface area contributed by atoms with Crippen LogP contribution in [0.4, 0.5) is 4.79 Å². The van der Waals surface area contributed by atoms with Crippen molar-refractivity contribution in [2.75, 3.05) is 6.54 Å². The lowest BCUT2D eigenvalue weighted by Crippen LogP contribution is -2.54. The van der Waals surface area contributed by atoms with Crippen LogP contribution in [0.25, 0.3) is 0 Å². The first-order valence-electron chi connectivity index (χ1n) is 7.72. The molecule has 0 aromatic rings. The summed E-state index contributed by atoms with van der Waals surface area (Å²) in [6.07, 6.45) is 5.76. The molecule has 2 fully saturated rings.